The predicted molar refractivity (Wildman–Crippen MR) is 58.9 cm³/mol. The standard InChI is InChI=1S/C11H12F4N2O2/c12-8-3-7(4-16)1-2-9(8)19-5-10(18)17-6-11(13,14)15/h1-3H,4-6,16H2,(H,17,18). The van der Waals surface area contributed by atoms with Gasteiger partial charge in [0.25, 0.3) is 5.91 Å². The third-order valence-electron chi connectivity index (χ3n) is 2.08. The summed E-state index contributed by atoms with van der Waals surface area (Å²) in [5.74, 6) is -1.94. The third kappa shape index (κ3) is 5.56. The zero-order chi connectivity index (χ0) is 14.5. The number of ether oxygens (including phenoxy) is 1. The highest BCUT2D eigenvalue weighted by atomic mass is 19.4. The van der Waals surface area contributed by atoms with Gasteiger partial charge in [-0.25, -0.2) is 4.39 Å². The number of carbonyl (C=O) groups excluding carboxylic acids is 1. The fourth-order valence-corrected chi connectivity index (χ4v) is 1.18. The zero-order valence-electron chi connectivity index (χ0n) is 9.76. The molecule has 0 saturated carbocycles. The number of hydrogen-bond donors (Lipinski definition) is 2. The molecule has 3 N–H and O–H groups in total. The van der Waals surface area contributed by atoms with E-state index in [-0.39, 0.29) is 12.3 Å². The molecule has 1 rings (SSSR count). The molecule has 0 radical (unpaired) electrons. The van der Waals surface area contributed by atoms with Crippen molar-refractivity contribution in [2.24, 2.45) is 5.73 Å². The maximum absolute atomic E-state index is 13.4. The van der Waals surface area contributed by atoms with Crippen LogP contribution < -0.4 is 15.8 Å². The molecule has 0 unspecified atom stereocenters. The number of rotatable bonds is 5. The minimum Gasteiger partial charge on any atom is -0.481 e. The lowest BCUT2D eigenvalue weighted by Gasteiger charge is -2.10. The van der Waals surface area contributed by atoms with Gasteiger partial charge in [-0.05, 0) is 17.7 Å². The van der Waals surface area contributed by atoms with E-state index in [9.17, 15) is 22.4 Å². The number of hydrogen-bond acceptors (Lipinski definition) is 3. The number of benzene rings is 1. The average molecular weight is 280 g/mol. The first-order valence-electron chi connectivity index (χ1n) is 5.26. The third-order valence-corrected chi connectivity index (χ3v) is 2.08. The molecule has 0 aliphatic carbocycles. The van der Waals surface area contributed by atoms with Gasteiger partial charge in [-0.1, -0.05) is 6.07 Å². The fraction of sp³-hybridized carbons (Fsp3) is 0.364. The Kier molecular flexibility index (Phi) is 5.11. The Hall–Kier alpha value is -1.83. The Morgan fingerprint density at radius 1 is 1.37 bits per heavy atom. The van der Waals surface area contributed by atoms with Crippen LogP contribution in [-0.2, 0) is 11.3 Å². The summed E-state index contributed by atoms with van der Waals surface area (Å²) < 4.78 is 53.5. The van der Waals surface area contributed by atoms with Gasteiger partial charge in [0.1, 0.15) is 6.54 Å². The van der Waals surface area contributed by atoms with E-state index in [4.69, 9.17) is 10.5 Å². The van der Waals surface area contributed by atoms with Gasteiger partial charge in [-0.3, -0.25) is 4.79 Å². The van der Waals surface area contributed by atoms with Crippen LogP contribution >= 0.6 is 0 Å². The lowest BCUT2D eigenvalue weighted by molar-refractivity contribution is -0.139. The van der Waals surface area contributed by atoms with Crippen LogP contribution in [0, 0.1) is 5.82 Å². The van der Waals surface area contributed by atoms with Gasteiger partial charge in [0, 0.05) is 6.54 Å². The predicted octanol–water partition coefficient (Wildman–Crippen LogP) is 1.34. The quantitative estimate of drug-likeness (QED) is 0.800. The minimum absolute atomic E-state index is 0.142. The van der Waals surface area contributed by atoms with Crippen molar-refractivity contribution in [3.63, 3.8) is 0 Å². The Morgan fingerprint density at radius 3 is 2.58 bits per heavy atom. The lowest BCUT2D eigenvalue weighted by Crippen LogP contribution is -2.36. The summed E-state index contributed by atoms with van der Waals surface area (Å²) in [5.41, 5.74) is 5.83. The maximum atomic E-state index is 13.4. The molecule has 8 heteroatoms. The summed E-state index contributed by atoms with van der Waals surface area (Å²) in [4.78, 5) is 11.0. The molecule has 0 aliphatic rings. The van der Waals surface area contributed by atoms with Crippen molar-refractivity contribution in [3.8, 4) is 5.75 Å². The summed E-state index contributed by atoms with van der Waals surface area (Å²) in [5, 5.41) is 1.60. The fourth-order valence-electron chi connectivity index (χ4n) is 1.18. The number of alkyl halides is 3. The van der Waals surface area contributed by atoms with E-state index in [1.54, 1.807) is 5.32 Å². The second-order valence-electron chi connectivity index (χ2n) is 3.65. The number of nitrogens with two attached hydrogens (primary N) is 1. The average Bonchev–Trinajstić information content (AvgIpc) is 2.34. The van der Waals surface area contributed by atoms with Gasteiger partial charge in [-0.2, -0.15) is 13.2 Å². The number of carbonyl (C=O) groups is 1. The summed E-state index contributed by atoms with van der Waals surface area (Å²) in [6.45, 7) is -2.01. The molecular formula is C11H12F4N2O2. The highest BCUT2D eigenvalue weighted by molar-refractivity contribution is 5.77. The van der Waals surface area contributed by atoms with E-state index in [0.29, 0.717) is 5.56 Å². The van der Waals surface area contributed by atoms with Crippen molar-refractivity contribution < 1.29 is 27.1 Å². The molecule has 0 heterocycles. The molecule has 0 aliphatic heterocycles. The number of nitrogens with one attached hydrogen (secondary N) is 1. The second-order valence-corrected chi connectivity index (χ2v) is 3.65. The Labute approximate surface area is 106 Å². The van der Waals surface area contributed by atoms with Gasteiger partial charge in [0.2, 0.25) is 0 Å². The summed E-state index contributed by atoms with van der Waals surface area (Å²) in [6, 6.07) is 3.88. The summed E-state index contributed by atoms with van der Waals surface area (Å²) >= 11 is 0. The molecule has 4 nitrogen and oxygen atoms in total. The van der Waals surface area contributed by atoms with Crippen LogP contribution in [0.1, 0.15) is 5.56 Å². The largest absolute Gasteiger partial charge is 0.481 e. The van der Waals surface area contributed by atoms with Gasteiger partial charge < -0.3 is 15.8 Å². The Bertz CT molecular complexity index is 449. The molecule has 0 aromatic heterocycles. The monoisotopic (exact) mass is 280 g/mol. The highest BCUT2D eigenvalue weighted by Gasteiger charge is 2.27. The minimum atomic E-state index is -4.50. The Morgan fingerprint density at radius 2 is 2.05 bits per heavy atom. The first-order valence-corrected chi connectivity index (χ1v) is 5.26. The lowest BCUT2D eigenvalue weighted by atomic mass is 10.2. The molecule has 0 bridgehead atoms. The van der Waals surface area contributed by atoms with Crippen LogP contribution in [0.4, 0.5) is 17.6 Å². The summed E-state index contributed by atoms with van der Waals surface area (Å²) in [6.07, 6.45) is -4.50. The maximum Gasteiger partial charge on any atom is 0.405 e. The molecule has 1 aromatic rings. The topological polar surface area (TPSA) is 64.3 Å². The number of halogens is 4. The van der Waals surface area contributed by atoms with E-state index in [0.717, 1.165) is 6.07 Å². The molecule has 0 saturated heterocycles. The first kappa shape index (κ1) is 15.2. The number of amides is 1. The summed E-state index contributed by atoms with van der Waals surface area (Å²) in [7, 11) is 0. The van der Waals surface area contributed by atoms with Crippen LogP contribution in [-0.4, -0.2) is 25.2 Å². The molecule has 0 atom stereocenters. The van der Waals surface area contributed by atoms with Crippen LogP contribution in [0.5, 0.6) is 5.75 Å². The molecule has 1 aromatic carbocycles. The van der Waals surface area contributed by atoms with Crippen molar-refractivity contribution in [1.29, 1.82) is 0 Å². The van der Waals surface area contributed by atoms with Crippen molar-refractivity contribution in [3.05, 3.63) is 29.6 Å². The zero-order valence-corrected chi connectivity index (χ0v) is 9.76. The van der Waals surface area contributed by atoms with E-state index in [1.807, 2.05) is 0 Å². The van der Waals surface area contributed by atoms with Crippen molar-refractivity contribution in [1.82, 2.24) is 5.32 Å². The van der Waals surface area contributed by atoms with Crippen LogP contribution in [0.2, 0.25) is 0 Å². The van der Waals surface area contributed by atoms with Crippen LogP contribution in [0.25, 0.3) is 0 Å². The van der Waals surface area contributed by atoms with E-state index >= 15 is 0 Å². The molecule has 19 heavy (non-hydrogen) atoms. The van der Waals surface area contributed by atoms with E-state index < -0.39 is 31.1 Å². The Balaban J connectivity index is 2.46. The van der Waals surface area contributed by atoms with Gasteiger partial charge in [0.05, 0.1) is 0 Å². The molecule has 106 valence electrons. The molecule has 1 amide bonds. The van der Waals surface area contributed by atoms with Gasteiger partial charge >= 0.3 is 6.18 Å². The molecule has 0 fully saturated rings. The van der Waals surface area contributed by atoms with Crippen LogP contribution in [0.3, 0.4) is 0 Å². The van der Waals surface area contributed by atoms with Crippen molar-refractivity contribution in [2.75, 3.05) is 13.2 Å². The van der Waals surface area contributed by atoms with Gasteiger partial charge in [-0.15, -0.1) is 0 Å². The first-order chi connectivity index (χ1) is 8.81. The second kappa shape index (κ2) is 6.37. The molecule has 0 spiro atoms. The van der Waals surface area contributed by atoms with Crippen LogP contribution in [0.15, 0.2) is 18.2 Å². The van der Waals surface area contributed by atoms with Crippen molar-refractivity contribution in [2.45, 2.75) is 12.7 Å². The normalized spacial score (nSPS) is 11.2. The van der Waals surface area contributed by atoms with Gasteiger partial charge in [0.15, 0.2) is 18.2 Å². The van der Waals surface area contributed by atoms with E-state index in [1.165, 1.54) is 12.1 Å². The smallest absolute Gasteiger partial charge is 0.405 e. The highest BCUT2D eigenvalue weighted by Crippen LogP contribution is 2.18. The SMILES string of the molecule is NCc1ccc(OCC(=O)NCC(F)(F)F)c(F)c1. The van der Waals surface area contributed by atoms with Crippen molar-refractivity contribution >= 4 is 5.91 Å². The van der Waals surface area contributed by atoms with E-state index in [2.05, 4.69) is 0 Å². The molecular weight excluding hydrogens is 268 g/mol.